The van der Waals surface area contributed by atoms with Crippen molar-refractivity contribution in [2.45, 2.75) is 11.8 Å². The lowest BCUT2D eigenvalue weighted by Gasteiger charge is -2.19. The van der Waals surface area contributed by atoms with Gasteiger partial charge in [-0.1, -0.05) is 12.1 Å². The van der Waals surface area contributed by atoms with Gasteiger partial charge in [0, 0.05) is 42.8 Å². The van der Waals surface area contributed by atoms with Crippen molar-refractivity contribution in [1.29, 1.82) is 0 Å². The summed E-state index contributed by atoms with van der Waals surface area (Å²) in [5.41, 5.74) is 1.24. The Kier molecular flexibility index (Phi) is 5.96. The molecule has 1 amide bonds. The maximum Gasteiger partial charge on any atom is 0.258 e. The van der Waals surface area contributed by atoms with Crippen LogP contribution in [0.4, 0.5) is 4.39 Å². The van der Waals surface area contributed by atoms with Crippen LogP contribution >= 0.6 is 23.1 Å². The van der Waals surface area contributed by atoms with Gasteiger partial charge in [0.2, 0.25) is 5.91 Å². The van der Waals surface area contributed by atoms with Crippen LogP contribution in [0.15, 0.2) is 59.1 Å². The van der Waals surface area contributed by atoms with Gasteiger partial charge in [-0.2, -0.15) is 0 Å². The molecule has 0 radical (unpaired) electrons. The van der Waals surface area contributed by atoms with Crippen LogP contribution in [-0.2, 0) is 17.6 Å². The fourth-order valence-corrected chi connectivity index (χ4v) is 4.49. The number of nitrogens with zero attached hydrogens (tertiary/aromatic N) is 4. The average molecular weight is 444 g/mol. The number of amides is 1. The van der Waals surface area contributed by atoms with E-state index in [1.54, 1.807) is 36.1 Å². The molecule has 4 rings (SSSR count). The largest absolute Gasteiger partial charge is 0.341 e. The van der Waals surface area contributed by atoms with Gasteiger partial charge < -0.3 is 9.88 Å². The molecule has 154 valence electrons. The number of aromatic nitrogens is 4. The Morgan fingerprint density at radius 2 is 2.10 bits per heavy atom. The van der Waals surface area contributed by atoms with Gasteiger partial charge in [0.15, 0.2) is 4.96 Å². The second-order valence-electron chi connectivity index (χ2n) is 6.58. The Balaban J connectivity index is 1.43. The molecule has 0 unspecified atom stereocenters. The number of fused-ring (bicyclic) bond motifs is 1. The van der Waals surface area contributed by atoms with E-state index in [2.05, 4.69) is 15.3 Å². The lowest BCUT2D eigenvalue weighted by atomic mass is 10.1. The molecule has 10 heteroatoms. The lowest BCUT2D eigenvalue weighted by molar-refractivity contribution is -0.119. The zero-order valence-electron chi connectivity index (χ0n) is 16.0. The van der Waals surface area contributed by atoms with Crippen LogP contribution < -0.4 is 10.9 Å². The molecule has 0 saturated carbocycles. The number of imidazole rings is 1. The van der Waals surface area contributed by atoms with E-state index in [4.69, 9.17) is 0 Å². The minimum atomic E-state index is -0.496. The molecule has 4 aromatic rings. The number of thioether (sulfide) groups is 1. The first-order valence-electron chi connectivity index (χ1n) is 9.07. The minimum Gasteiger partial charge on any atom is -0.341 e. The third-order valence-electron chi connectivity index (χ3n) is 4.46. The number of carbonyl (C=O) groups is 1. The normalized spacial score (nSPS) is 12.2. The number of hydrogen-bond acceptors (Lipinski definition) is 6. The third-order valence-corrected chi connectivity index (χ3v) is 6.19. The van der Waals surface area contributed by atoms with Gasteiger partial charge in [-0.3, -0.25) is 14.0 Å². The van der Waals surface area contributed by atoms with Crippen molar-refractivity contribution in [1.82, 2.24) is 24.3 Å². The number of carbonyl (C=O) groups excluding carboxylic acids is 1. The molecule has 0 aliphatic rings. The number of rotatable bonds is 7. The lowest BCUT2D eigenvalue weighted by Crippen LogP contribution is -2.32. The molecule has 3 heterocycles. The summed E-state index contributed by atoms with van der Waals surface area (Å²) in [6, 6.07) is 6.98. The molecule has 0 spiro atoms. The predicted molar refractivity (Wildman–Crippen MR) is 115 cm³/mol. The van der Waals surface area contributed by atoms with Crippen LogP contribution in [0, 0.1) is 5.82 Å². The quantitative estimate of drug-likeness (QED) is 0.475. The summed E-state index contributed by atoms with van der Waals surface area (Å²) in [6.45, 7) is 0. The molecule has 0 bridgehead atoms. The van der Waals surface area contributed by atoms with E-state index >= 15 is 0 Å². The smallest absolute Gasteiger partial charge is 0.258 e. The van der Waals surface area contributed by atoms with Crippen LogP contribution in [0.5, 0.6) is 0 Å². The van der Waals surface area contributed by atoms with Gasteiger partial charge >= 0.3 is 0 Å². The first-order valence-corrected chi connectivity index (χ1v) is 11.1. The highest BCUT2D eigenvalue weighted by atomic mass is 32.2. The molecule has 7 nitrogen and oxygen atoms in total. The van der Waals surface area contributed by atoms with Gasteiger partial charge in [0.05, 0.1) is 11.4 Å². The highest BCUT2D eigenvalue weighted by Crippen LogP contribution is 2.21. The molecular formula is C20H18FN5O2S2. The van der Waals surface area contributed by atoms with Crippen molar-refractivity contribution in [3.8, 4) is 0 Å². The van der Waals surface area contributed by atoms with Crippen molar-refractivity contribution in [2.75, 3.05) is 5.75 Å². The molecule has 0 fully saturated rings. The van der Waals surface area contributed by atoms with Crippen LogP contribution in [0.25, 0.3) is 4.96 Å². The summed E-state index contributed by atoms with van der Waals surface area (Å²) in [5.74, 6) is 0.753. The number of hydrogen-bond donors (Lipinski definition) is 1. The van der Waals surface area contributed by atoms with Crippen molar-refractivity contribution >= 4 is 34.0 Å². The Hall–Kier alpha value is -2.98. The SMILES string of the molecule is Cn1ccnc1[C@H](NC(=O)CSCc1cc(=O)n2ccsc2n1)c1ccc(F)cc1. The van der Waals surface area contributed by atoms with Gasteiger partial charge in [-0.25, -0.2) is 14.4 Å². The first-order chi connectivity index (χ1) is 14.5. The third kappa shape index (κ3) is 4.44. The van der Waals surface area contributed by atoms with E-state index in [0.29, 0.717) is 22.2 Å². The van der Waals surface area contributed by atoms with E-state index in [9.17, 15) is 14.0 Å². The Morgan fingerprint density at radius 3 is 2.83 bits per heavy atom. The summed E-state index contributed by atoms with van der Waals surface area (Å²) in [6.07, 6.45) is 5.13. The molecule has 30 heavy (non-hydrogen) atoms. The topological polar surface area (TPSA) is 81.3 Å². The van der Waals surface area contributed by atoms with E-state index in [-0.39, 0.29) is 23.0 Å². The number of halogens is 1. The first kappa shape index (κ1) is 20.3. The molecule has 1 aromatic carbocycles. The molecular weight excluding hydrogens is 425 g/mol. The number of benzene rings is 1. The number of nitrogens with one attached hydrogen (secondary N) is 1. The molecule has 0 aliphatic heterocycles. The maximum atomic E-state index is 13.3. The van der Waals surface area contributed by atoms with Crippen molar-refractivity contribution in [3.63, 3.8) is 0 Å². The zero-order chi connectivity index (χ0) is 21.1. The Labute approximate surface area is 179 Å². The van der Waals surface area contributed by atoms with Crippen LogP contribution in [-0.4, -0.2) is 30.6 Å². The highest BCUT2D eigenvalue weighted by molar-refractivity contribution is 7.99. The summed E-state index contributed by atoms with van der Waals surface area (Å²) < 4.78 is 16.6. The molecule has 1 atom stereocenters. The molecule has 1 N–H and O–H groups in total. The van der Waals surface area contributed by atoms with E-state index in [1.165, 1.54) is 45.7 Å². The molecule has 0 aliphatic carbocycles. The number of thiazole rings is 1. The summed E-state index contributed by atoms with van der Waals surface area (Å²) >= 11 is 2.76. The fourth-order valence-electron chi connectivity index (χ4n) is 3.02. The van der Waals surface area contributed by atoms with Crippen molar-refractivity contribution in [3.05, 3.63) is 87.6 Å². The number of aryl methyl sites for hydroxylation is 1. The summed E-state index contributed by atoms with van der Waals surface area (Å²) in [5, 5.41) is 4.78. The highest BCUT2D eigenvalue weighted by Gasteiger charge is 2.21. The van der Waals surface area contributed by atoms with Crippen molar-refractivity contribution < 1.29 is 9.18 Å². The van der Waals surface area contributed by atoms with Crippen LogP contribution in [0.1, 0.15) is 23.1 Å². The fraction of sp³-hybridized carbons (Fsp3) is 0.200. The molecule has 3 aromatic heterocycles. The monoisotopic (exact) mass is 443 g/mol. The second kappa shape index (κ2) is 8.80. The van der Waals surface area contributed by atoms with E-state index < -0.39 is 6.04 Å². The Bertz CT molecular complexity index is 1230. The maximum absolute atomic E-state index is 13.3. The van der Waals surface area contributed by atoms with Gasteiger partial charge in [-0.15, -0.1) is 23.1 Å². The average Bonchev–Trinajstić information content (AvgIpc) is 3.36. The standard InChI is InChI=1S/C20H18FN5O2S2/c1-25-7-6-22-19(25)18(13-2-4-14(21)5-3-13)24-16(27)12-29-11-15-10-17(28)26-8-9-30-20(26)23-15/h2-10,18H,11-12H2,1H3,(H,24,27)/t18-/m1/s1. The van der Waals surface area contributed by atoms with Gasteiger partial charge in [-0.05, 0) is 17.7 Å². The van der Waals surface area contributed by atoms with Gasteiger partial charge in [0.1, 0.15) is 17.7 Å². The van der Waals surface area contributed by atoms with Crippen LogP contribution in [0.2, 0.25) is 0 Å². The Morgan fingerprint density at radius 1 is 1.30 bits per heavy atom. The van der Waals surface area contributed by atoms with Gasteiger partial charge in [0.25, 0.3) is 5.56 Å². The zero-order valence-corrected chi connectivity index (χ0v) is 17.6. The van der Waals surface area contributed by atoms with Crippen molar-refractivity contribution in [2.24, 2.45) is 7.05 Å². The van der Waals surface area contributed by atoms with E-state index in [0.717, 1.165) is 5.56 Å². The molecule has 0 saturated heterocycles. The predicted octanol–water partition coefficient (Wildman–Crippen LogP) is 2.77. The van der Waals surface area contributed by atoms with Crippen LogP contribution in [0.3, 0.4) is 0 Å². The summed E-state index contributed by atoms with van der Waals surface area (Å²) in [7, 11) is 1.84. The second-order valence-corrected chi connectivity index (χ2v) is 8.44. The summed E-state index contributed by atoms with van der Waals surface area (Å²) in [4.78, 5) is 34.1. The minimum absolute atomic E-state index is 0.132. The van der Waals surface area contributed by atoms with E-state index in [1.807, 2.05) is 11.6 Å².